The van der Waals surface area contributed by atoms with Crippen LogP contribution in [0, 0.1) is 0 Å². The Morgan fingerprint density at radius 3 is 2.53 bits per heavy atom. The molecule has 8 nitrogen and oxygen atoms in total. The predicted octanol–water partition coefficient (Wildman–Crippen LogP) is 6.93. The molecule has 0 saturated carbocycles. The van der Waals surface area contributed by atoms with Crippen molar-refractivity contribution in [2.45, 2.75) is 58.0 Å². The summed E-state index contributed by atoms with van der Waals surface area (Å²) in [6.45, 7) is 5.69. The van der Waals surface area contributed by atoms with Crippen LogP contribution in [-0.4, -0.2) is 49.0 Å². The van der Waals surface area contributed by atoms with E-state index in [-0.39, 0.29) is 23.1 Å². The van der Waals surface area contributed by atoms with E-state index < -0.39 is 5.91 Å². The van der Waals surface area contributed by atoms with Crippen LogP contribution in [0.25, 0.3) is 11.0 Å². The monoisotopic (exact) mass is 653 g/mol. The van der Waals surface area contributed by atoms with Crippen LogP contribution in [0.3, 0.4) is 0 Å². The van der Waals surface area contributed by atoms with Gasteiger partial charge in [-0.25, -0.2) is 0 Å². The smallest absolute Gasteiger partial charge is 0.287 e. The van der Waals surface area contributed by atoms with E-state index in [0.717, 1.165) is 50.9 Å². The molecule has 6 rings (SSSR count). The van der Waals surface area contributed by atoms with Crippen LogP contribution in [0.4, 0.5) is 5.69 Å². The van der Waals surface area contributed by atoms with Gasteiger partial charge >= 0.3 is 0 Å². The maximum atomic E-state index is 13.5. The molecule has 3 heterocycles. The number of nitrogens with zero attached hydrogens (tertiary/aromatic N) is 2. The third-order valence-electron chi connectivity index (χ3n) is 8.79. The normalized spacial score (nSPS) is 15.6. The Hall–Kier alpha value is -4.56. The van der Waals surface area contributed by atoms with Crippen molar-refractivity contribution >= 4 is 40.1 Å². The van der Waals surface area contributed by atoms with Gasteiger partial charge < -0.3 is 24.3 Å². The Balaban J connectivity index is 1.18. The van der Waals surface area contributed by atoms with E-state index in [9.17, 15) is 14.4 Å². The number of carbonyl (C=O) groups is 2. The van der Waals surface area contributed by atoms with Gasteiger partial charge in [0.15, 0.2) is 11.2 Å². The van der Waals surface area contributed by atoms with Gasteiger partial charge in [-0.1, -0.05) is 60.5 Å². The summed E-state index contributed by atoms with van der Waals surface area (Å²) < 4.78 is 11.6. The Labute approximate surface area is 280 Å². The topological polar surface area (TPSA) is 92.1 Å². The molecule has 1 N–H and O–H groups in total. The number of ether oxygens (including phenoxy) is 1. The Morgan fingerprint density at radius 2 is 1.79 bits per heavy atom. The summed E-state index contributed by atoms with van der Waals surface area (Å²) in [5, 5.41) is 4.13. The second-order valence-electron chi connectivity index (χ2n) is 12.3. The lowest BCUT2D eigenvalue weighted by molar-refractivity contribution is -0.128. The molecule has 0 unspecified atom stereocenters. The lowest BCUT2D eigenvalue weighted by Crippen LogP contribution is -2.37. The zero-order valence-electron chi connectivity index (χ0n) is 26.7. The summed E-state index contributed by atoms with van der Waals surface area (Å²) in [4.78, 5) is 43.2. The fraction of sp³-hybridized carbons (Fsp3) is 0.342. The molecule has 2 saturated heterocycles. The molecule has 1 aromatic heterocycles. The van der Waals surface area contributed by atoms with Crippen molar-refractivity contribution in [3.05, 3.63) is 117 Å². The third-order valence-corrected chi connectivity index (χ3v) is 9.04. The van der Waals surface area contributed by atoms with Gasteiger partial charge in [0.05, 0.1) is 18.0 Å². The number of nitrogens with one attached hydrogen (secondary N) is 1. The molecule has 2 amide bonds. The summed E-state index contributed by atoms with van der Waals surface area (Å²) in [6, 6.07) is 21.9. The minimum atomic E-state index is -0.450. The van der Waals surface area contributed by atoms with Gasteiger partial charge in [0.2, 0.25) is 5.91 Å². The van der Waals surface area contributed by atoms with E-state index in [1.807, 2.05) is 42.2 Å². The van der Waals surface area contributed by atoms with E-state index in [4.69, 9.17) is 20.8 Å². The van der Waals surface area contributed by atoms with E-state index in [0.29, 0.717) is 47.7 Å². The Kier molecular flexibility index (Phi) is 10.3. The molecule has 0 radical (unpaired) electrons. The highest BCUT2D eigenvalue weighted by Gasteiger charge is 2.24. The van der Waals surface area contributed by atoms with E-state index >= 15 is 0 Å². The van der Waals surface area contributed by atoms with Gasteiger partial charge in [0.25, 0.3) is 5.91 Å². The van der Waals surface area contributed by atoms with Crippen molar-refractivity contribution < 1.29 is 18.7 Å². The number of hydrogen-bond acceptors (Lipinski definition) is 6. The molecule has 47 heavy (non-hydrogen) atoms. The third kappa shape index (κ3) is 8.06. The predicted molar refractivity (Wildman–Crippen MR) is 185 cm³/mol. The van der Waals surface area contributed by atoms with Crippen molar-refractivity contribution in [3.63, 3.8) is 0 Å². The number of piperidine rings is 1. The van der Waals surface area contributed by atoms with E-state index in [2.05, 4.69) is 34.5 Å². The first-order valence-corrected chi connectivity index (χ1v) is 16.8. The van der Waals surface area contributed by atoms with Crippen LogP contribution < -0.4 is 20.4 Å². The average molecular weight is 654 g/mol. The largest absolute Gasteiger partial charge is 0.494 e. The van der Waals surface area contributed by atoms with Gasteiger partial charge in [-0.2, -0.15) is 0 Å². The number of halogens is 1. The van der Waals surface area contributed by atoms with Gasteiger partial charge in [-0.05, 0) is 79.6 Å². The minimum absolute atomic E-state index is 0.0351. The van der Waals surface area contributed by atoms with Crippen LogP contribution >= 0.6 is 11.6 Å². The highest BCUT2D eigenvalue weighted by molar-refractivity contribution is 6.30. The molecule has 0 bridgehead atoms. The summed E-state index contributed by atoms with van der Waals surface area (Å²) in [5.74, 6) is 0.336. The molecule has 244 valence electrons. The molecule has 2 aliphatic heterocycles. The van der Waals surface area contributed by atoms with Crippen LogP contribution in [0.15, 0.2) is 93.7 Å². The van der Waals surface area contributed by atoms with E-state index in [1.165, 1.54) is 22.9 Å². The van der Waals surface area contributed by atoms with Crippen molar-refractivity contribution in [2.75, 3.05) is 31.1 Å². The molecule has 4 aromatic rings. The maximum Gasteiger partial charge on any atom is 0.287 e. The number of para-hydroxylation sites is 1. The highest BCUT2D eigenvalue weighted by atomic mass is 35.5. The molecule has 2 aliphatic rings. The summed E-state index contributed by atoms with van der Waals surface area (Å²) in [6.07, 6.45) is 6.81. The zero-order chi connectivity index (χ0) is 32.8. The molecular weight excluding hydrogens is 614 g/mol. The van der Waals surface area contributed by atoms with Crippen LogP contribution in [0.5, 0.6) is 5.75 Å². The van der Waals surface area contributed by atoms with E-state index in [1.54, 1.807) is 18.2 Å². The molecule has 3 aromatic carbocycles. The zero-order valence-corrected chi connectivity index (χ0v) is 27.4. The van der Waals surface area contributed by atoms with Crippen molar-refractivity contribution in [3.8, 4) is 5.75 Å². The van der Waals surface area contributed by atoms with Gasteiger partial charge in [-0.15, -0.1) is 0 Å². The standard InChI is InChI=1S/C38H40ClN3O5/c1-2-20-46-31-13-14-35-32(23-31)34(43)24-36(47-35)38(45)40-30(21-26-9-11-29(39)12-10-26)22-27-15-18-41(19-16-27)33-7-4-3-6-28(33)25-42-17-5-8-37(42)44/h3-4,6-7,9-14,22-24,30H,2,5,8,15-21,25H2,1H3,(H,40,45)/t30-/m1/s1. The number of fused-ring (bicyclic) bond motifs is 1. The van der Waals surface area contributed by atoms with Gasteiger partial charge in [0, 0.05) is 49.4 Å². The first kappa shape index (κ1) is 32.4. The van der Waals surface area contributed by atoms with Gasteiger partial charge in [0.1, 0.15) is 11.3 Å². The summed E-state index contributed by atoms with van der Waals surface area (Å²) in [5.41, 5.74) is 4.66. The summed E-state index contributed by atoms with van der Waals surface area (Å²) >= 11 is 6.14. The maximum absolute atomic E-state index is 13.5. The quantitative estimate of drug-likeness (QED) is 0.177. The lowest BCUT2D eigenvalue weighted by Gasteiger charge is -2.33. The van der Waals surface area contributed by atoms with Gasteiger partial charge in [-0.3, -0.25) is 14.4 Å². The molecule has 0 aliphatic carbocycles. The average Bonchev–Trinajstić information content (AvgIpc) is 3.49. The second kappa shape index (κ2) is 14.9. The molecular formula is C38H40ClN3O5. The van der Waals surface area contributed by atoms with Crippen LogP contribution in [0.1, 0.15) is 60.7 Å². The van der Waals surface area contributed by atoms with Crippen molar-refractivity contribution in [1.82, 2.24) is 10.2 Å². The number of likely N-dealkylation sites (tertiary alicyclic amines) is 1. The molecule has 2 fully saturated rings. The Morgan fingerprint density at radius 1 is 1.00 bits per heavy atom. The number of hydrogen-bond donors (Lipinski definition) is 1. The fourth-order valence-electron chi connectivity index (χ4n) is 6.34. The fourth-order valence-corrected chi connectivity index (χ4v) is 6.46. The molecule has 1 atom stereocenters. The number of anilines is 1. The van der Waals surface area contributed by atoms with Crippen LogP contribution in [0.2, 0.25) is 5.02 Å². The lowest BCUT2D eigenvalue weighted by atomic mass is 9.97. The van der Waals surface area contributed by atoms with Crippen LogP contribution in [-0.2, 0) is 17.8 Å². The molecule has 9 heteroatoms. The number of benzene rings is 3. The second-order valence-corrected chi connectivity index (χ2v) is 12.7. The first-order chi connectivity index (χ1) is 22.9. The van der Waals surface area contributed by atoms with Crippen molar-refractivity contribution in [2.24, 2.45) is 0 Å². The number of rotatable bonds is 11. The SMILES string of the molecule is CCCOc1ccc2oc(C(=O)N[C@@H](C=C3CCN(c4ccccc4CN4CCCC4=O)CC3)Cc3ccc(Cl)cc3)cc(=O)c2c1. The Bertz CT molecular complexity index is 1820. The minimum Gasteiger partial charge on any atom is -0.494 e. The molecule has 0 spiro atoms. The summed E-state index contributed by atoms with van der Waals surface area (Å²) in [7, 11) is 0. The highest BCUT2D eigenvalue weighted by Crippen LogP contribution is 2.29. The number of amides is 2. The van der Waals surface area contributed by atoms with Crippen molar-refractivity contribution in [1.29, 1.82) is 0 Å². The number of carbonyl (C=O) groups excluding carboxylic acids is 2. The first-order valence-electron chi connectivity index (χ1n) is 16.4.